The summed E-state index contributed by atoms with van der Waals surface area (Å²) in [6.45, 7) is 2.86. The largest absolute Gasteiger partial charge is 0.351 e. The summed E-state index contributed by atoms with van der Waals surface area (Å²) in [6, 6.07) is 11.9. The van der Waals surface area contributed by atoms with Gasteiger partial charge in [-0.1, -0.05) is 36.6 Å². The molecule has 162 valence electrons. The third-order valence-electron chi connectivity index (χ3n) is 6.77. The molecule has 1 aliphatic carbocycles. The van der Waals surface area contributed by atoms with E-state index in [0.717, 1.165) is 41.5 Å². The first kappa shape index (κ1) is 20.6. The Morgan fingerprint density at radius 2 is 1.97 bits per heavy atom. The van der Waals surface area contributed by atoms with E-state index in [1.807, 2.05) is 53.3 Å². The molecular weight excluding hydrogens is 430 g/mol. The van der Waals surface area contributed by atoms with Crippen LogP contribution in [0, 0.1) is 0 Å². The van der Waals surface area contributed by atoms with Crippen molar-refractivity contribution in [2.24, 2.45) is 0 Å². The standard InChI is InChI=1S/C24H26ClN3O2S/c1-24(23(30)26-18-4-2-3-5-18)15-27-19-11-13-31-21(19)14-20(27)22(29)28(24)12-10-16-6-8-17(25)9-7-16/h6-9,11,13-14,18H,2-5,10,12,15H2,1H3,(H,26,30)/t24-/m1/s1. The predicted octanol–water partition coefficient (Wildman–Crippen LogP) is 4.87. The fourth-order valence-corrected chi connectivity index (χ4v) is 5.87. The highest BCUT2D eigenvalue weighted by molar-refractivity contribution is 7.17. The maximum Gasteiger partial charge on any atom is 0.271 e. The number of aromatic nitrogens is 1. The number of benzene rings is 1. The Morgan fingerprint density at radius 3 is 2.71 bits per heavy atom. The zero-order valence-corrected chi connectivity index (χ0v) is 19.1. The van der Waals surface area contributed by atoms with Gasteiger partial charge in [-0.25, -0.2) is 0 Å². The van der Waals surface area contributed by atoms with Crippen LogP contribution >= 0.6 is 22.9 Å². The van der Waals surface area contributed by atoms with Gasteiger partial charge in [-0.05, 0) is 61.4 Å². The maximum absolute atomic E-state index is 13.6. The molecule has 1 fully saturated rings. The van der Waals surface area contributed by atoms with Crippen molar-refractivity contribution in [1.29, 1.82) is 0 Å². The van der Waals surface area contributed by atoms with Crippen LogP contribution in [0.5, 0.6) is 0 Å². The van der Waals surface area contributed by atoms with Crippen molar-refractivity contribution in [3.8, 4) is 0 Å². The first-order chi connectivity index (χ1) is 15.0. The first-order valence-corrected chi connectivity index (χ1v) is 12.2. The quantitative estimate of drug-likeness (QED) is 0.596. The zero-order chi connectivity index (χ0) is 21.6. The van der Waals surface area contributed by atoms with Crippen LogP contribution in [-0.2, 0) is 17.8 Å². The first-order valence-electron chi connectivity index (χ1n) is 10.9. The smallest absolute Gasteiger partial charge is 0.271 e. The Labute approximate surface area is 191 Å². The summed E-state index contributed by atoms with van der Waals surface area (Å²) in [5, 5.41) is 5.97. The molecule has 0 unspecified atom stereocenters. The summed E-state index contributed by atoms with van der Waals surface area (Å²) in [5.41, 5.74) is 1.86. The molecule has 2 aromatic heterocycles. The second-order valence-electron chi connectivity index (χ2n) is 8.85. The van der Waals surface area contributed by atoms with Crippen LogP contribution in [0.2, 0.25) is 5.02 Å². The number of nitrogens with one attached hydrogen (secondary N) is 1. The minimum Gasteiger partial charge on any atom is -0.351 e. The number of halogens is 1. The Bertz CT molecular complexity index is 1130. The van der Waals surface area contributed by atoms with Gasteiger partial charge in [-0.15, -0.1) is 11.3 Å². The van der Waals surface area contributed by atoms with Crippen molar-refractivity contribution in [2.75, 3.05) is 6.54 Å². The lowest BCUT2D eigenvalue weighted by atomic mass is 9.93. The van der Waals surface area contributed by atoms with Gasteiger partial charge in [0, 0.05) is 17.6 Å². The molecule has 3 aromatic rings. The lowest BCUT2D eigenvalue weighted by molar-refractivity contribution is -0.133. The van der Waals surface area contributed by atoms with E-state index >= 15 is 0 Å². The number of fused-ring (bicyclic) bond motifs is 3. The normalized spacial score (nSPS) is 21.6. The second kappa shape index (κ2) is 7.99. The Kier molecular flexibility index (Phi) is 5.30. The Morgan fingerprint density at radius 1 is 1.23 bits per heavy atom. The van der Waals surface area contributed by atoms with E-state index in [9.17, 15) is 9.59 Å². The Hall–Kier alpha value is -2.31. The van der Waals surface area contributed by atoms with Crippen molar-refractivity contribution in [3.63, 3.8) is 0 Å². The van der Waals surface area contributed by atoms with Gasteiger partial charge in [0.1, 0.15) is 11.2 Å². The van der Waals surface area contributed by atoms with E-state index in [1.54, 1.807) is 16.2 Å². The summed E-state index contributed by atoms with van der Waals surface area (Å²) in [4.78, 5) is 29.0. The number of hydrogen-bond donors (Lipinski definition) is 1. The number of nitrogens with zero attached hydrogens (tertiary/aromatic N) is 2. The Balaban J connectivity index is 1.48. The molecule has 0 saturated heterocycles. The fourth-order valence-electron chi connectivity index (χ4n) is 4.93. The molecule has 1 atom stereocenters. The maximum atomic E-state index is 13.6. The number of thiophene rings is 1. The highest BCUT2D eigenvalue weighted by atomic mass is 35.5. The predicted molar refractivity (Wildman–Crippen MR) is 125 cm³/mol. The van der Waals surface area contributed by atoms with Gasteiger partial charge in [0.2, 0.25) is 5.91 Å². The van der Waals surface area contributed by atoms with Gasteiger partial charge in [-0.2, -0.15) is 0 Å². The number of carbonyl (C=O) groups excluding carboxylic acids is 2. The summed E-state index contributed by atoms with van der Waals surface area (Å²) in [6.07, 6.45) is 5.01. The van der Waals surface area contributed by atoms with Crippen LogP contribution in [0.15, 0.2) is 41.8 Å². The van der Waals surface area contributed by atoms with Crippen LogP contribution in [0.4, 0.5) is 0 Å². The molecule has 1 aromatic carbocycles. The molecule has 1 N–H and O–H groups in total. The molecule has 5 nitrogen and oxygen atoms in total. The topological polar surface area (TPSA) is 54.3 Å². The molecule has 0 bridgehead atoms. The van der Waals surface area contributed by atoms with E-state index < -0.39 is 5.54 Å². The van der Waals surface area contributed by atoms with E-state index in [2.05, 4.69) is 5.32 Å². The highest BCUT2D eigenvalue weighted by Gasteiger charge is 2.48. The average molecular weight is 456 g/mol. The third kappa shape index (κ3) is 3.66. The van der Waals surface area contributed by atoms with Crippen molar-refractivity contribution >= 4 is 45.0 Å². The zero-order valence-electron chi connectivity index (χ0n) is 17.6. The van der Waals surface area contributed by atoms with Gasteiger partial charge < -0.3 is 14.8 Å². The van der Waals surface area contributed by atoms with Crippen LogP contribution in [0.25, 0.3) is 10.2 Å². The average Bonchev–Trinajstić information content (AvgIpc) is 3.48. The van der Waals surface area contributed by atoms with E-state index in [-0.39, 0.29) is 17.9 Å². The number of carbonyl (C=O) groups is 2. The molecule has 1 aliphatic heterocycles. The monoisotopic (exact) mass is 455 g/mol. The lowest BCUT2D eigenvalue weighted by Gasteiger charge is -2.44. The highest BCUT2D eigenvalue weighted by Crippen LogP contribution is 2.35. The van der Waals surface area contributed by atoms with Crippen molar-refractivity contribution in [1.82, 2.24) is 14.8 Å². The second-order valence-corrected chi connectivity index (χ2v) is 10.2. The van der Waals surface area contributed by atoms with Gasteiger partial charge in [0.25, 0.3) is 5.91 Å². The van der Waals surface area contributed by atoms with Gasteiger partial charge >= 0.3 is 0 Å². The van der Waals surface area contributed by atoms with Gasteiger partial charge in [0.05, 0.1) is 16.8 Å². The van der Waals surface area contributed by atoms with Gasteiger partial charge in [-0.3, -0.25) is 9.59 Å². The molecule has 2 aliphatic rings. The molecule has 2 amide bonds. The lowest BCUT2D eigenvalue weighted by Crippen LogP contribution is -2.65. The molecule has 0 spiro atoms. The van der Waals surface area contributed by atoms with Crippen molar-refractivity contribution in [2.45, 2.75) is 57.2 Å². The van der Waals surface area contributed by atoms with Crippen LogP contribution in [0.3, 0.4) is 0 Å². The summed E-state index contributed by atoms with van der Waals surface area (Å²) in [7, 11) is 0. The van der Waals surface area contributed by atoms with Crippen LogP contribution in [0.1, 0.15) is 48.7 Å². The molecule has 31 heavy (non-hydrogen) atoms. The third-order valence-corrected chi connectivity index (χ3v) is 7.87. The number of amides is 2. The fraction of sp³-hybridized carbons (Fsp3) is 0.417. The summed E-state index contributed by atoms with van der Waals surface area (Å²) >= 11 is 7.64. The molecular formula is C24H26ClN3O2S. The molecule has 5 rings (SSSR count). The minimum absolute atomic E-state index is 0.0495. The van der Waals surface area contributed by atoms with Crippen LogP contribution < -0.4 is 5.32 Å². The summed E-state index contributed by atoms with van der Waals surface area (Å²) in [5.74, 6) is -0.126. The SMILES string of the molecule is C[C@]1(C(=O)NC2CCCC2)Cn2c(cc3sccc32)C(=O)N1CCc1ccc(Cl)cc1. The van der Waals surface area contributed by atoms with Gasteiger partial charge in [0.15, 0.2) is 0 Å². The summed E-state index contributed by atoms with van der Waals surface area (Å²) < 4.78 is 3.11. The minimum atomic E-state index is -0.938. The molecule has 0 radical (unpaired) electrons. The number of hydrogen-bond acceptors (Lipinski definition) is 3. The van der Waals surface area contributed by atoms with E-state index in [4.69, 9.17) is 11.6 Å². The molecule has 3 heterocycles. The van der Waals surface area contributed by atoms with Crippen molar-refractivity contribution < 1.29 is 9.59 Å². The molecule has 1 saturated carbocycles. The number of rotatable bonds is 5. The van der Waals surface area contributed by atoms with E-state index in [1.165, 1.54) is 0 Å². The van der Waals surface area contributed by atoms with Crippen LogP contribution in [-0.4, -0.2) is 39.4 Å². The van der Waals surface area contributed by atoms with E-state index in [0.29, 0.717) is 30.2 Å². The van der Waals surface area contributed by atoms with Crippen molar-refractivity contribution in [3.05, 3.63) is 58.1 Å². The molecule has 7 heteroatoms.